The number of para-hydroxylation sites is 4. The van der Waals surface area contributed by atoms with Crippen LogP contribution in [0.25, 0.3) is 11.4 Å². The highest BCUT2D eigenvalue weighted by Crippen LogP contribution is 2.55. The van der Waals surface area contributed by atoms with Gasteiger partial charge in [0.15, 0.2) is 0 Å². The van der Waals surface area contributed by atoms with Crippen LogP contribution in [0.3, 0.4) is 0 Å². The molecule has 5 nitrogen and oxygen atoms in total. The molecule has 6 aromatic rings. The van der Waals surface area contributed by atoms with E-state index in [1.54, 1.807) is 0 Å². The van der Waals surface area contributed by atoms with Gasteiger partial charge in [0.05, 0.1) is 22.7 Å². The van der Waals surface area contributed by atoms with Crippen molar-refractivity contribution in [2.75, 3.05) is 9.80 Å². The molecule has 0 N–H and O–H groups in total. The van der Waals surface area contributed by atoms with E-state index in [0.29, 0.717) is 29.7 Å². The van der Waals surface area contributed by atoms with Gasteiger partial charge in [0, 0.05) is 37.2 Å². The normalized spacial score (nSPS) is 22.3. The predicted octanol–water partition coefficient (Wildman–Crippen LogP) is 10.8. The fraction of sp³-hybridized carbons (Fsp3) is 0.200. The lowest BCUT2D eigenvalue weighted by Crippen LogP contribution is -2.43. The number of benzene rings is 5. The first-order valence-electron chi connectivity index (χ1n) is 16.5. The van der Waals surface area contributed by atoms with Crippen LogP contribution in [0, 0.1) is 0 Å². The molecule has 2 fully saturated rings. The fourth-order valence-electron chi connectivity index (χ4n) is 7.97. The van der Waals surface area contributed by atoms with Crippen molar-refractivity contribution in [2.45, 2.75) is 69.2 Å². The van der Waals surface area contributed by atoms with E-state index in [4.69, 9.17) is 4.52 Å². The molecular formula is C40H32N4OS2. The van der Waals surface area contributed by atoms with Crippen LogP contribution in [-0.2, 0) is 0 Å². The second kappa shape index (κ2) is 11.1. The van der Waals surface area contributed by atoms with Crippen molar-refractivity contribution in [1.29, 1.82) is 0 Å². The van der Waals surface area contributed by atoms with E-state index in [-0.39, 0.29) is 0 Å². The summed E-state index contributed by atoms with van der Waals surface area (Å²) in [6, 6.07) is 43.5. The first-order chi connectivity index (χ1) is 23.3. The van der Waals surface area contributed by atoms with E-state index in [9.17, 15) is 0 Å². The van der Waals surface area contributed by atoms with E-state index < -0.39 is 0 Å². The molecule has 5 aromatic carbocycles. The summed E-state index contributed by atoms with van der Waals surface area (Å²) in [6.45, 7) is 0. The predicted molar refractivity (Wildman–Crippen MR) is 190 cm³/mol. The Kier molecular flexibility index (Phi) is 6.51. The van der Waals surface area contributed by atoms with Crippen molar-refractivity contribution in [2.24, 2.45) is 0 Å². The second-order valence-electron chi connectivity index (χ2n) is 13.1. The minimum absolute atomic E-state index is 0.464. The van der Waals surface area contributed by atoms with E-state index in [2.05, 4.69) is 135 Å². The van der Waals surface area contributed by atoms with Gasteiger partial charge in [-0.05, 0) is 109 Å². The smallest absolute Gasteiger partial charge is 0.214 e. The quantitative estimate of drug-likeness (QED) is 0.184. The minimum Gasteiger partial charge on any atom is -0.342 e. The molecular weight excluding hydrogens is 617 g/mol. The molecule has 230 valence electrons. The number of aromatic nitrogens is 2. The van der Waals surface area contributed by atoms with E-state index >= 15 is 0 Å². The van der Waals surface area contributed by atoms with Gasteiger partial charge in [-0.1, -0.05) is 83.3 Å². The number of anilines is 4. The van der Waals surface area contributed by atoms with Gasteiger partial charge in [-0.3, -0.25) is 0 Å². The van der Waals surface area contributed by atoms with Gasteiger partial charge >= 0.3 is 0 Å². The van der Waals surface area contributed by atoms with Gasteiger partial charge < -0.3 is 14.3 Å². The van der Waals surface area contributed by atoms with Crippen LogP contribution in [0.2, 0.25) is 0 Å². The third-order valence-electron chi connectivity index (χ3n) is 10.4. The Morgan fingerprint density at radius 2 is 0.936 bits per heavy atom. The summed E-state index contributed by atoms with van der Waals surface area (Å²) in [5, 5.41) is 4.24. The van der Waals surface area contributed by atoms with Crippen molar-refractivity contribution in [3.8, 4) is 11.4 Å². The van der Waals surface area contributed by atoms with Crippen molar-refractivity contribution >= 4 is 46.3 Å². The number of hydrogen-bond donors (Lipinski definition) is 0. The number of nitrogens with zero attached hydrogens (tertiary/aromatic N) is 4. The monoisotopic (exact) mass is 648 g/mol. The summed E-state index contributed by atoms with van der Waals surface area (Å²) in [4.78, 5) is 15.0. The van der Waals surface area contributed by atoms with E-state index in [1.807, 2.05) is 23.5 Å². The number of fused-ring (bicyclic) bond motifs is 4. The van der Waals surface area contributed by atoms with E-state index in [0.717, 1.165) is 31.2 Å². The number of hydrogen-bond acceptors (Lipinski definition) is 7. The maximum absolute atomic E-state index is 5.20. The Bertz CT molecular complexity index is 1900. The summed E-state index contributed by atoms with van der Waals surface area (Å²) >= 11 is 3.77. The lowest BCUT2D eigenvalue weighted by molar-refractivity contribution is 0.338. The molecule has 0 atom stereocenters. The zero-order valence-electron chi connectivity index (χ0n) is 25.7. The molecule has 0 bridgehead atoms. The second-order valence-corrected chi connectivity index (χ2v) is 15.3. The molecule has 2 aliphatic carbocycles. The van der Waals surface area contributed by atoms with Crippen molar-refractivity contribution < 1.29 is 4.52 Å². The van der Waals surface area contributed by atoms with Crippen LogP contribution >= 0.6 is 23.5 Å². The summed E-state index contributed by atoms with van der Waals surface area (Å²) in [5.41, 5.74) is 9.20. The van der Waals surface area contributed by atoms with E-state index in [1.165, 1.54) is 59.9 Å². The Morgan fingerprint density at radius 3 is 1.32 bits per heavy atom. The Balaban J connectivity index is 0.938. The lowest BCUT2D eigenvalue weighted by Gasteiger charge is -2.48. The molecule has 0 spiro atoms. The molecule has 47 heavy (non-hydrogen) atoms. The van der Waals surface area contributed by atoms with Gasteiger partial charge in [-0.2, -0.15) is 4.98 Å². The van der Waals surface area contributed by atoms with Gasteiger partial charge in [-0.15, -0.1) is 0 Å². The molecule has 0 amide bonds. The topological polar surface area (TPSA) is 45.4 Å². The van der Waals surface area contributed by atoms with Crippen LogP contribution in [0.15, 0.2) is 146 Å². The van der Waals surface area contributed by atoms with Crippen LogP contribution in [0.5, 0.6) is 0 Å². The van der Waals surface area contributed by atoms with Crippen LogP contribution in [-0.4, -0.2) is 22.2 Å². The Labute approximate surface area is 283 Å². The zero-order valence-corrected chi connectivity index (χ0v) is 27.3. The average molecular weight is 649 g/mol. The maximum Gasteiger partial charge on any atom is 0.214 e. The first-order valence-corrected chi connectivity index (χ1v) is 18.1. The van der Waals surface area contributed by atoms with Crippen molar-refractivity contribution in [3.05, 3.63) is 133 Å². The first kappa shape index (κ1) is 27.6. The zero-order chi connectivity index (χ0) is 30.9. The molecule has 10 rings (SSSR count). The molecule has 0 unspecified atom stereocenters. The summed E-state index contributed by atoms with van der Waals surface area (Å²) < 4.78 is 5.20. The highest BCUT2D eigenvalue weighted by atomic mass is 32.2. The summed E-state index contributed by atoms with van der Waals surface area (Å²) in [5.74, 6) is 1.66. The molecule has 1 aromatic heterocycles. The molecule has 4 aliphatic rings. The SMILES string of the molecule is c1ccc2c(c1)Sc1ccccc1N2C1CC(c2cc(-c3ncon3)cc(C3CC(N4c5ccccc5Sc5ccccc54)C3)c2)C1. The lowest BCUT2D eigenvalue weighted by atomic mass is 9.70. The van der Waals surface area contributed by atoms with Gasteiger partial charge in [0.1, 0.15) is 0 Å². The summed E-state index contributed by atoms with van der Waals surface area (Å²) in [7, 11) is 0. The van der Waals surface area contributed by atoms with Crippen molar-refractivity contribution in [3.63, 3.8) is 0 Å². The molecule has 2 saturated carbocycles. The standard InChI is InChI=1S/C40H32N4OS2/c1-5-13-36-32(9-1)43(33-10-2-6-14-37(33)46-36)30-20-27(21-30)25-17-26(19-29(18-25)40-41-24-45-42-40)28-22-31(23-28)44-34-11-3-7-15-38(34)47-39-16-8-4-12-35(39)44/h1-19,24,27-28,30-31H,20-23H2. The van der Waals surface area contributed by atoms with Crippen LogP contribution in [0.4, 0.5) is 22.7 Å². The van der Waals surface area contributed by atoms with Crippen molar-refractivity contribution in [1.82, 2.24) is 10.1 Å². The third-order valence-corrected chi connectivity index (χ3v) is 12.7. The maximum atomic E-state index is 5.20. The fourth-order valence-corrected chi connectivity index (χ4v) is 10.1. The third kappa shape index (κ3) is 4.62. The van der Waals surface area contributed by atoms with Gasteiger partial charge in [0.25, 0.3) is 0 Å². The molecule has 0 radical (unpaired) electrons. The highest BCUT2D eigenvalue weighted by Gasteiger charge is 2.41. The van der Waals surface area contributed by atoms with Crippen LogP contribution < -0.4 is 9.80 Å². The summed E-state index contributed by atoms with van der Waals surface area (Å²) in [6.07, 6.45) is 5.92. The van der Waals surface area contributed by atoms with Gasteiger partial charge in [-0.25, -0.2) is 0 Å². The molecule has 2 aliphatic heterocycles. The molecule has 3 heterocycles. The Morgan fingerprint density at radius 1 is 0.532 bits per heavy atom. The average Bonchev–Trinajstić information content (AvgIpc) is 3.62. The number of rotatable bonds is 5. The highest BCUT2D eigenvalue weighted by molar-refractivity contribution is 8.00. The largest absolute Gasteiger partial charge is 0.342 e. The molecule has 7 heteroatoms. The van der Waals surface area contributed by atoms with Crippen LogP contribution in [0.1, 0.15) is 48.6 Å². The molecule has 0 saturated heterocycles. The van der Waals surface area contributed by atoms with Gasteiger partial charge in [0.2, 0.25) is 12.2 Å². The minimum atomic E-state index is 0.464. The Hall–Kier alpha value is -4.46.